The van der Waals surface area contributed by atoms with Crippen LogP contribution in [0.4, 0.5) is 0 Å². The van der Waals surface area contributed by atoms with Gasteiger partial charge >= 0.3 is 0 Å². The maximum absolute atomic E-state index is 10.5. The van der Waals surface area contributed by atoms with Crippen molar-refractivity contribution in [2.45, 2.75) is 19.4 Å². The van der Waals surface area contributed by atoms with Crippen LogP contribution in [-0.4, -0.2) is 28.8 Å². The molecule has 7 nitrogen and oxygen atoms in total. The zero-order valence-electron chi connectivity index (χ0n) is 10.1. The minimum absolute atomic E-state index is 0.220. The zero-order valence-corrected chi connectivity index (χ0v) is 11.0. The number of hydrogen-bond donors (Lipinski definition) is 1. The Balaban J connectivity index is 1.86. The lowest BCUT2D eigenvalue weighted by Crippen LogP contribution is -2.37. The molecule has 0 spiro atoms. The molecule has 0 unspecified atom stereocenters. The van der Waals surface area contributed by atoms with Gasteiger partial charge in [-0.2, -0.15) is 8.42 Å². The highest BCUT2D eigenvalue weighted by Gasteiger charge is 2.09. The molecule has 0 saturated heterocycles. The molecule has 102 valence electrons. The summed E-state index contributed by atoms with van der Waals surface area (Å²) in [7, 11) is -3.87. The van der Waals surface area contributed by atoms with Crippen molar-refractivity contribution in [1.29, 1.82) is 0 Å². The Morgan fingerprint density at radius 3 is 2.79 bits per heavy atom. The Bertz CT molecular complexity index is 608. The van der Waals surface area contributed by atoms with Crippen LogP contribution >= 0.6 is 0 Å². The summed E-state index contributed by atoms with van der Waals surface area (Å²) in [4.78, 5) is 4.01. The second-order valence-electron chi connectivity index (χ2n) is 4.01. The Morgan fingerprint density at radius 1 is 1.37 bits per heavy atom. The lowest BCUT2D eigenvalue weighted by Gasteiger charge is -1.96. The monoisotopic (exact) mass is 284 g/mol. The van der Waals surface area contributed by atoms with Crippen molar-refractivity contribution in [2.24, 2.45) is 0 Å². The number of hydrogen-bond acceptors (Lipinski definition) is 5. The lowest BCUT2D eigenvalue weighted by molar-refractivity contribution is -0.754. The van der Waals surface area contributed by atoms with Gasteiger partial charge in [0.2, 0.25) is 5.89 Å². The number of aryl methyl sites for hydroxylation is 1. The first kappa shape index (κ1) is 13.6. The lowest BCUT2D eigenvalue weighted by atomic mass is 10.3. The minimum atomic E-state index is -3.87. The molecule has 2 aromatic rings. The summed E-state index contributed by atoms with van der Waals surface area (Å²) >= 11 is 0. The smallest absolute Gasteiger partial charge is 0.264 e. The van der Waals surface area contributed by atoms with Gasteiger partial charge in [-0.25, -0.2) is 4.98 Å². The third-order valence-electron chi connectivity index (χ3n) is 2.49. The first-order chi connectivity index (χ1) is 9.04. The SMILES string of the molecule is O=S(=O)(O)CCCC[n+]1ccc(-c2ncco2)cn1. The Labute approximate surface area is 110 Å². The molecule has 0 radical (unpaired) electrons. The Morgan fingerprint density at radius 2 is 2.21 bits per heavy atom. The first-order valence-electron chi connectivity index (χ1n) is 5.75. The van der Waals surface area contributed by atoms with Crippen LogP contribution in [0.25, 0.3) is 11.5 Å². The zero-order chi connectivity index (χ0) is 13.7. The van der Waals surface area contributed by atoms with E-state index in [1.165, 1.54) is 6.26 Å². The third-order valence-corrected chi connectivity index (χ3v) is 3.29. The Kier molecular flexibility index (Phi) is 4.23. The molecule has 0 bridgehead atoms. The van der Waals surface area contributed by atoms with Gasteiger partial charge < -0.3 is 4.42 Å². The molecule has 0 aliphatic rings. The molecule has 0 fully saturated rings. The molecule has 0 aliphatic carbocycles. The number of aromatic nitrogens is 3. The van der Waals surface area contributed by atoms with Gasteiger partial charge in [0.05, 0.1) is 17.5 Å². The molecule has 2 rings (SSSR count). The van der Waals surface area contributed by atoms with E-state index in [0.717, 1.165) is 5.56 Å². The van der Waals surface area contributed by atoms with Gasteiger partial charge in [0, 0.05) is 12.5 Å². The highest BCUT2D eigenvalue weighted by Crippen LogP contribution is 2.13. The second kappa shape index (κ2) is 5.89. The van der Waals surface area contributed by atoms with Crippen LogP contribution < -0.4 is 4.68 Å². The van der Waals surface area contributed by atoms with Crippen molar-refractivity contribution in [3.05, 3.63) is 30.9 Å². The molecule has 0 aromatic carbocycles. The molecular formula is C11H14N3O4S+. The van der Waals surface area contributed by atoms with Crippen LogP contribution in [0.1, 0.15) is 12.8 Å². The van der Waals surface area contributed by atoms with Gasteiger partial charge in [0.1, 0.15) is 12.5 Å². The van der Waals surface area contributed by atoms with E-state index >= 15 is 0 Å². The standard InChI is InChI=1S/C11H13N3O4S/c15-19(16,17)8-2-1-5-14-6-3-10(9-13-14)11-12-4-7-18-11/h3-4,6-7,9H,1-2,5,8H2/p+1. The van der Waals surface area contributed by atoms with Crippen molar-refractivity contribution in [3.63, 3.8) is 0 Å². The molecule has 1 N–H and O–H groups in total. The van der Waals surface area contributed by atoms with Crippen molar-refractivity contribution < 1.29 is 22.1 Å². The summed E-state index contributed by atoms with van der Waals surface area (Å²) in [5, 5.41) is 4.17. The predicted octanol–water partition coefficient (Wildman–Crippen LogP) is 0.692. The van der Waals surface area contributed by atoms with Gasteiger partial charge in [-0.3, -0.25) is 4.55 Å². The summed E-state index contributed by atoms with van der Waals surface area (Å²) < 4.78 is 36.5. The summed E-state index contributed by atoms with van der Waals surface area (Å²) in [5.41, 5.74) is 0.777. The largest absolute Gasteiger partial charge is 0.444 e. The topological polar surface area (TPSA) is 97.2 Å². The van der Waals surface area contributed by atoms with Gasteiger partial charge in [-0.1, -0.05) is 4.68 Å². The number of nitrogens with zero attached hydrogens (tertiary/aromatic N) is 3. The van der Waals surface area contributed by atoms with Gasteiger partial charge in [-0.05, 0) is 11.5 Å². The molecule has 2 heterocycles. The predicted molar refractivity (Wildman–Crippen MR) is 65.6 cm³/mol. The molecule has 0 atom stereocenters. The van der Waals surface area contributed by atoms with E-state index < -0.39 is 10.1 Å². The van der Waals surface area contributed by atoms with Crippen LogP contribution in [0, 0.1) is 0 Å². The fourth-order valence-electron chi connectivity index (χ4n) is 1.57. The third kappa shape index (κ3) is 4.42. The van der Waals surface area contributed by atoms with Crippen molar-refractivity contribution in [1.82, 2.24) is 10.1 Å². The van der Waals surface area contributed by atoms with E-state index in [9.17, 15) is 8.42 Å². The van der Waals surface area contributed by atoms with E-state index in [2.05, 4.69) is 10.1 Å². The van der Waals surface area contributed by atoms with E-state index in [-0.39, 0.29) is 5.75 Å². The quantitative estimate of drug-likeness (QED) is 0.476. The summed E-state index contributed by atoms with van der Waals surface area (Å²) in [5.74, 6) is 0.285. The number of rotatable bonds is 6. The maximum atomic E-state index is 10.5. The van der Waals surface area contributed by atoms with E-state index in [0.29, 0.717) is 25.3 Å². The molecule has 0 amide bonds. The fraction of sp³-hybridized carbons (Fsp3) is 0.364. The van der Waals surface area contributed by atoms with Gasteiger partial charge in [0.15, 0.2) is 12.7 Å². The average Bonchev–Trinajstić information content (AvgIpc) is 2.88. The van der Waals surface area contributed by atoms with Gasteiger partial charge in [0.25, 0.3) is 10.1 Å². The van der Waals surface area contributed by atoms with Crippen LogP contribution in [-0.2, 0) is 16.7 Å². The molecule has 2 aromatic heterocycles. The van der Waals surface area contributed by atoms with E-state index in [4.69, 9.17) is 8.97 Å². The van der Waals surface area contributed by atoms with Crippen molar-refractivity contribution in [2.75, 3.05) is 5.75 Å². The van der Waals surface area contributed by atoms with Crippen LogP contribution in [0.2, 0.25) is 0 Å². The number of unbranched alkanes of at least 4 members (excludes halogenated alkanes) is 1. The fourth-order valence-corrected chi connectivity index (χ4v) is 2.14. The van der Waals surface area contributed by atoms with Crippen LogP contribution in [0.3, 0.4) is 0 Å². The van der Waals surface area contributed by atoms with E-state index in [1.807, 2.05) is 6.07 Å². The normalized spacial score (nSPS) is 11.6. The van der Waals surface area contributed by atoms with Crippen molar-refractivity contribution in [3.8, 4) is 11.5 Å². The highest BCUT2D eigenvalue weighted by molar-refractivity contribution is 7.85. The molecule has 0 aliphatic heterocycles. The molecule has 19 heavy (non-hydrogen) atoms. The minimum Gasteiger partial charge on any atom is -0.444 e. The molecule has 8 heteroatoms. The summed E-state index contributed by atoms with van der Waals surface area (Å²) in [6.45, 7) is 0.585. The van der Waals surface area contributed by atoms with Crippen LogP contribution in [0.15, 0.2) is 35.3 Å². The number of oxazole rings is 1. The molecule has 0 saturated carbocycles. The molecular weight excluding hydrogens is 270 g/mol. The van der Waals surface area contributed by atoms with E-state index in [1.54, 1.807) is 23.3 Å². The maximum Gasteiger partial charge on any atom is 0.264 e. The second-order valence-corrected chi connectivity index (χ2v) is 5.58. The summed E-state index contributed by atoms with van der Waals surface area (Å²) in [6.07, 6.45) is 7.48. The Hall–Kier alpha value is -1.80. The highest BCUT2D eigenvalue weighted by atomic mass is 32.2. The van der Waals surface area contributed by atoms with Crippen molar-refractivity contribution >= 4 is 10.1 Å². The summed E-state index contributed by atoms with van der Waals surface area (Å²) in [6, 6.07) is 1.82. The average molecular weight is 284 g/mol. The van der Waals surface area contributed by atoms with Gasteiger partial charge in [-0.15, -0.1) is 0 Å². The van der Waals surface area contributed by atoms with Crippen LogP contribution in [0.5, 0.6) is 0 Å². The first-order valence-corrected chi connectivity index (χ1v) is 7.36.